The molecule has 2 amide bonds. The van der Waals surface area contributed by atoms with Gasteiger partial charge in [-0.25, -0.2) is 4.79 Å². The summed E-state index contributed by atoms with van der Waals surface area (Å²) in [6, 6.07) is 12.5. The fourth-order valence-electron chi connectivity index (χ4n) is 4.40. The Hall–Kier alpha value is -3.61. The van der Waals surface area contributed by atoms with E-state index in [1.807, 2.05) is 12.1 Å². The van der Waals surface area contributed by atoms with E-state index in [1.54, 1.807) is 30.3 Å². The molecule has 1 atom stereocenters. The zero-order valence-electron chi connectivity index (χ0n) is 18.6. The van der Waals surface area contributed by atoms with E-state index >= 15 is 0 Å². The first-order valence-corrected chi connectivity index (χ1v) is 11.5. The second kappa shape index (κ2) is 8.73. The highest BCUT2D eigenvalue weighted by Gasteiger charge is 2.25. The van der Waals surface area contributed by atoms with Gasteiger partial charge in [0.2, 0.25) is 0 Å². The minimum absolute atomic E-state index is 0.216. The van der Waals surface area contributed by atoms with E-state index in [2.05, 4.69) is 22.5 Å². The lowest BCUT2D eigenvalue weighted by Gasteiger charge is -2.18. The number of benzene rings is 2. The predicted molar refractivity (Wildman–Crippen MR) is 125 cm³/mol. The first-order chi connectivity index (χ1) is 16.0. The van der Waals surface area contributed by atoms with Gasteiger partial charge in [-0.15, -0.1) is 0 Å². The summed E-state index contributed by atoms with van der Waals surface area (Å²) in [5, 5.41) is 6.64. The number of esters is 1. The molecule has 0 spiro atoms. The first kappa shape index (κ1) is 21.2. The molecule has 3 aromatic rings. The van der Waals surface area contributed by atoms with Crippen molar-refractivity contribution >= 4 is 34.4 Å². The summed E-state index contributed by atoms with van der Waals surface area (Å²) in [6.07, 6.45) is 5.13. The summed E-state index contributed by atoms with van der Waals surface area (Å²) in [4.78, 5) is 40.9. The maximum absolute atomic E-state index is 12.6. The summed E-state index contributed by atoms with van der Waals surface area (Å²) in [7, 11) is 0. The standard InChI is InChI=1S/C26H27N3O4/c1-15-6-10-22-19(12-15)20-13-16(7-11-23(20)28-22)26(32)33-14-24(30)29-21-5-3-2-4-18(21)25(31)27-17-8-9-17/h2-5,7,11,13,15,17,28H,6,8-10,12,14H2,1H3,(H,27,31)(H,29,30). The number of carbonyl (C=O) groups excluding carboxylic acids is 3. The van der Waals surface area contributed by atoms with Gasteiger partial charge in [0.25, 0.3) is 11.8 Å². The molecule has 33 heavy (non-hydrogen) atoms. The van der Waals surface area contributed by atoms with Crippen molar-refractivity contribution in [3.8, 4) is 0 Å². The summed E-state index contributed by atoms with van der Waals surface area (Å²) < 4.78 is 5.27. The van der Waals surface area contributed by atoms with Crippen LogP contribution in [0.1, 0.15) is 58.2 Å². The highest BCUT2D eigenvalue weighted by Crippen LogP contribution is 2.32. The van der Waals surface area contributed by atoms with Crippen molar-refractivity contribution < 1.29 is 19.1 Å². The molecule has 1 aromatic heterocycles. The van der Waals surface area contributed by atoms with Crippen molar-refractivity contribution in [2.45, 2.75) is 45.1 Å². The molecule has 2 aliphatic rings. The van der Waals surface area contributed by atoms with Crippen LogP contribution in [0, 0.1) is 5.92 Å². The van der Waals surface area contributed by atoms with E-state index in [-0.39, 0.29) is 11.9 Å². The summed E-state index contributed by atoms with van der Waals surface area (Å²) in [5.41, 5.74) is 4.74. The minimum Gasteiger partial charge on any atom is -0.452 e. The molecule has 7 nitrogen and oxygen atoms in total. The maximum Gasteiger partial charge on any atom is 0.338 e. The highest BCUT2D eigenvalue weighted by molar-refractivity contribution is 6.04. The van der Waals surface area contributed by atoms with Crippen LogP contribution in [0.15, 0.2) is 42.5 Å². The van der Waals surface area contributed by atoms with Crippen molar-refractivity contribution in [2.24, 2.45) is 5.92 Å². The Kier molecular flexibility index (Phi) is 5.62. The normalized spacial score (nSPS) is 17.3. The van der Waals surface area contributed by atoms with Crippen molar-refractivity contribution in [2.75, 3.05) is 11.9 Å². The number of fused-ring (bicyclic) bond motifs is 3. The maximum atomic E-state index is 12.6. The molecule has 7 heteroatoms. The number of rotatable bonds is 6. The van der Waals surface area contributed by atoms with Gasteiger partial charge in [-0.3, -0.25) is 9.59 Å². The van der Waals surface area contributed by atoms with Crippen LogP contribution in [0.25, 0.3) is 10.9 Å². The van der Waals surface area contributed by atoms with Crippen LogP contribution < -0.4 is 10.6 Å². The number of aryl methyl sites for hydroxylation is 1. The number of aromatic amines is 1. The molecule has 0 aliphatic heterocycles. The van der Waals surface area contributed by atoms with Gasteiger partial charge < -0.3 is 20.4 Å². The molecule has 3 N–H and O–H groups in total. The van der Waals surface area contributed by atoms with Gasteiger partial charge in [-0.1, -0.05) is 19.1 Å². The number of hydrogen-bond acceptors (Lipinski definition) is 4. The molecule has 1 saturated carbocycles. The summed E-state index contributed by atoms with van der Waals surface area (Å²) in [5.74, 6) is -0.651. The number of carbonyl (C=O) groups is 3. The van der Waals surface area contributed by atoms with Crippen molar-refractivity contribution in [3.63, 3.8) is 0 Å². The molecule has 1 fully saturated rings. The van der Waals surface area contributed by atoms with Gasteiger partial charge >= 0.3 is 5.97 Å². The number of aromatic nitrogens is 1. The lowest BCUT2D eigenvalue weighted by atomic mass is 9.87. The molecule has 2 aromatic carbocycles. The number of ether oxygens (including phenoxy) is 1. The Morgan fingerprint density at radius 1 is 1.09 bits per heavy atom. The molecule has 5 rings (SSSR count). The van der Waals surface area contributed by atoms with Crippen molar-refractivity contribution in [1.29, 1.82) is 0 Å². The van der Waals surface area contributed by atoms with Crippen molar-refractivity contribution in [1.82, 2.24) is 10.3 Å². The van der Waals surface area contributed by atoms with Crippen molar-refractivity contribution in [3.05, 3.63) is 64.8 Å². The molecule has 1 unspecified atom stereocenters. The number of H-pyrrole nitrogens is 1. The van der Waals surface area contributed by atoms with E-state index in [4.69, 9.17) is 4.74 Å². The van der Waals surface area contributed by atoms with Gasteiger partial charge in [0.1, 0.15) is 0 Å². The monoisotopic (exact) mass is 445 g/mol. The zero-order chi connectivity index (χ0) is 22.9. The van der Waals surface area contributed by atoms with E-state index in [1.165, 1.54) is 11.3 Å². The zero-order valence-corrected chi connectivity index (χ0v) is 18.6. The van der Waals surface area contributed by atoms with E-state index in [0.29, 0.717) is 22.7 Å². The Labute approximate surface area is 191 Å². The topological polar surface area (TPSA) is 100 Å². The number of para-hydroxylation sites is 1. The van der Waals surface area contributed by atoms with Crippen LogP contribution in [0.3, 0.4) is 0 Å². The average Bonchev–Trinajstić information content (AvgIpc) is 3.56. The number of anilines is 1. The number of nitrogens with one attached hydrogen (secondary N) is 3. The summed E-state index contributed by atoms with van der Waals surface area (Å²) >= 11 is 0. The van der Waals surface area contributed by atoms with Crippen LogP contribution in [-0.4, -0.2) is 35.4 Å². The van der Waals surface area contributed by atoms with E-state index < -0.39 is 18.5 Å². The average molecular weight is 446 g/mol. The minimum atomic E-state index is -0.550. The fourth-order valence-corrected chi connectivity index (χ4v) is 4.40. The molecule has 0 saturated heterocycles. The Morgan fingerprint density at radius 3 is 2.73 bits per heavy atom. The Bertz CT molecular complexity index is 1240. The number of amides is 2. The number of hydrogen-bond donors (Lipinski definition) is 3. The first-order valence-electron chi connectivity index (χ1n) is 11.5. The molecular weight excluding hydrogens is 418 g/mol. The second-order valence-electron chi connectivity index (χ2n) is 9.11. The largest absolute Gasteiger partial charge is 0.452 e. The van der Waals surface area contributed by atoms with E-state index in [0.717, 1.165) is 43.0 Å². The lowest BCUT2D eigenvalue weighted by Crippen LogP contribution is -2.28. The predicted octanol–water partition coefficient (Wildman–Crippen LogP) is 3.98. The summed E-state index contributed by atoms with van der Waals surface area (Å²) in [6.45, 7) is 1.81. The molecule has 170 valence electrons. The molecule has 0 radical (unpaired) electrons. The SMILES string of the molecule is CC1CCc2[nH]c3ccc(C(=O)OCC(=O)Nc4ccccc4C(=O)NC4CC4)cc3c2C1. The van der Waals surface area contributed by atoms with Crippen LogP contribution in [0.2, 0.25) is 0 Å². The smallest absolute Gasteiger partial charge is 0.338 e. The third-order valence-electron chi connectivity index (χ3n) is 6.36. The highest BCUT2D eigenvalue weighted by atomic mass is 16.5. The van der Waals surface area contributed by atoms with Crippen LogP contribution in [-0.2, 0) is 22.4 Å². The second-order valence-corrected chi connectivity index (χ2v) is 9.11. The quantitative estimate of drug-likeness (QED) is 0.500. The van der Waals surface area contributed by atoms with Crippen LogP contribution >= 0.6 is 0 Å². The van der Waals surface area contributed by atoms with Gasteiger partial charge in [0.15, 0.2) is 6.61 Å². The van der Waals surface area contributed by atoms with Gasteiger partial charge in [-0.05, 0) is 73.9 Å². The Balaban J connectivity index is 1.23. The molecule has 2 aliphatic carbocycles. The lowest BCUT2D eigenvalue weighted by molar-refractivity contribution is -0.119. The van der Waals surface area contributed by atoms with Gasteiger partial charge in [0, 0.05) is 22.6 Å². The third kappa shape index (κ3) is 4.62. The van der Waals surface area contributed by atoms with Crippen LogP contribution in [0.4, 0.5) is 5.69 Å². The third-order valence-corrected chi connectivity index (χ3v) is 6.36. The molecule has 0 bridgehead atoms. The molecular formula is C26H27N3O4. The van der Waals surface area contributed by atoms with Gasteiger partial charge in [-0.2, -0.15) is 0 Å². The Morgan fingerprint density at radius 2 is 1.91 bits per heavy atom. The van der Waals surface area contributed by atoms with E-state index in [9.17, 15) is 14.4 Å². The molecule has 1 heterocycles. The van der Waals surface area contributed by atoms with Crippen LogP contribution in [0.5, 0.6) is 0 Å². The van der Waals surface area contributed by atoms with Gasteiger partial charge in [0.05, 0.1) is 16.8 Å². The fraction of sp³-hybridized carbons (Fsp3) is 0.346.